The first kappa shape index (κ1) is 16.2. The fraction of sp³-hybridized carbons (Fsp3) is 0.389. The Balaban J connectivity index is 1.75. The molecule has 1 aliphatic rings. The molecule has 1 aliphatic heterocycles. The van der Waals surface area contributed by atoms with Gasteiger partial charge in [0.1, 0.15) is 0 Å². The Labute approximate surface area is 142 Å². The third-order valence-corrected chi connectivity index (χ3v) is 4.64. The van der Waals surface area contributed by atoms with Gasteiger partial charge in [-0.05, 0) is 49.6 Å². The molecule has 1 aromatic heterocycles. The number of anilines is 2. The Hall–Kier alpha value is -2.63. The lowest BCUT2D eigenvalue weighted by molar-refractivity contribution is 0.0716. The van der Waals surface area contributed by atoms with Crippen LogP contribution in [0, 0.1) is 6.92 Å². The van der Waals surface area contributed by atoms with E-state index in [1.54, 1.807) is 12.3 Å². The van der Waals surface area contributed by atoms with Crippen molar-refractivity contribution in [2.75, 3.05) is 30.8 Å². The minimum absolute atomic E-state index is 0.0193. The standard InChI is InChI=1S/C18H23N5O/c1-13-7-8-14(19)11-16(13)18(24)22(2)15-5-4-10-23(12-15)17-6-3-9-20-21-17/h3,6-9,11,15H,4-5,10,12,19H2,1-2H3. The van der Waals surface area contributed by atoms with Gasteiger partial charge in [-0.1, -0.05) is 6.07 Å². The molecular weight excluding hydrogens is 302 g/mol. The second kappa shape index (κ2) is 6.86. The summed E-state index contributed by atoms with van der Waals surface area (Å²) in [5, 5.41) is 8.13. The first-order chi connectivity index (χ1) is 11.6. The molecule has 0 radical (unpaired) electrons. The topological polar surface area (TPSA) is 75.4 Å². The number of aryl methyl sites for hydroxylation is 1. The van der Waals surface area contributed by atoms with Crippen LogP contribution in [0.4, 0.5) is 11.5 Å². The zero-order chi connectivity index (χ0) is 17.1. The molecule has 24 heavy (non-hydrogen) atoms. The molecule has 3 rings (SSSR count). The van der Waals surface area contributed by atoms with Crippen molar-refractivity contribution in [3.05, 3.63) is 47.7 Å². The van der Waals surface area contributed by atoms with Crippen molar-refractivity contribution in [1.82, 2.24) is 15.1 Å². The number of aromatic nitrogens is 2. The number of carbonyl (C=O) groups excluding carboxylic acids is 1. The molecule has 2 heterocycles. The van der Waals surface area contributed by atoms with E-state index in [0.29, 0.717) is 11.3 Å². The van der Waals surface area contributed by atoms with Crippen LogP contribution in [-0.2, 0) is 0 Å². The average molecular weight is 325 g/mol. The van der Waals surface area contributed by atoms with Gasteiger partial charge in [0.2, 0.25) is 0 Å². The molecule has 1 amide bonds. The van der Waals surface area contributed by atoms with E-state index < -0.39 is 0 Å². The summed E-state index contributed by atoms with van der Waals surface area (Å²) in [5.41, 5.74) is 8.08. The quantitative estimate of drug-likeness (QED) is 0.875. The Morgan fingerprint density at radius 3 is 2.96 bits per heavy atom. The number of amides is 1. The van der Waals surface area contributed by atoms with Gasteiger partial charge < -0.3 is 15.5 Å². The summed E-state index contributed by atoms with van der Waals surface area (Å²) in [4.78, 5) is 16.9. The van der Waals surface area contributed by atoms with Crippen molar-refractivity contribution < 1.29 is 4.79 Å². The third kappa shape index (κ3) is 3.32. The van der Waals surface area contributed by atoms with Crippen LogP contribution in [0.1, 0.15) is 28.8 Å². The minimum Gasteiger partial charge on any atom is -0.399 e. The van der Waals surface area contributed by atoms with Crippen LogP contribution >= 0.6 is 0 Å². The van der Waals surface area contributed by atoms with Gasteiger partial charge in [0.25, 0.3) is 5.91 Å². The van der Waals surface area contributed by atoms with Crippen molar-refractivity contribution in [1.29, 1.82) is 0 Å². The zero-order valence-corrected chi connectivity index (χ0v) is 14.1. The lowest BCUT2D eigenvalue weighted by Crippen LogP contribution is -2.49. The average Bonchev–Trinajstić information content (AvgIpc) is 2.63. The molecule has 2 N–H and O–H groups in total. The predicted molar refractivity (Wildman–Crippen MR) is 95.0 cm³/mol. The molecule has 0 bridgehead atoms. The monoisotopic (exact) mass is 325 g/mol. The van der Waals surface area contributed by atoms with Gasteiger partial charge in [0, 0.05) is 43.6 Å². The first-order valence-electron chi connectivity index (χ1n) is 8.22. The molecule has 0 spiro atoms. The maximum absolute atomic E-state index is 12.9. The molecule has 1 fully saturated rings. The molecule has 2 aromatic rings. The first-order valence-corrected chi connectivity index (χ1v) is 8.22. The number of benzene rings is 1. The molecule has 0 saturated carbocycles. The van der Waals surface area contributed by atoms with E-state index in [4.69, 9.17) is 5.73 Å². The van der Waals surface area contributed by atoms with Crippen LogP contribution in [0.15, 0.2) is 36.5 Å². The summed E-state index contributed by atoms with van der Waals surface area (Å²) in [6, 6.07) is 9.47. The summed E-state index contributed by atoms with van der Waals surface area (Å²) in [6.45, 7) is 3.64. The van der Waals surface area contributed by atoms with Gasteiger partial charge in [-0.25, -0.2) is 0 Å². The van der Waals surface area contributed by atoms with Crippen molar-refractivity contribution in [2.45, 2.75) is 25.8 Å². The van der Waals surface area contributed by atoms with Crippen molar-refractivity contribution in [3.8, 4) is 0 Å². The van der Waals surface area contributed by atoms with E-state index >= 15 is 0 Å². The van der Waals surface area contributed by atoms with Crippen LogP contribution in [0.25, 0.3) is 0 Å². The van der Waals surface area contributed by atoms with Gasteiger partial charge in [0.15, 0.2) is 5.82 Å². The minimum atomic E-state index is 0.0193. The number of nitrogens with zero attached hydrogens (tertiary/aromatic N) is 4. The fourth-order valence-electron chi connectivity index (χ4n) is 3.17. The Bertz CT molecular complexity index is 719. The second-order valence-electron chi connectivity index (χ2n) is 6.31. The zero-order valence-electron chi connectivity index (χ0n) is 14.1. The molecule has 0 aliphatic carbocycles. The van der Waals surface area contributed by atoms with Gasteiger partial charge in [-0.3, -0.25) is 4.79 Å². The van der Waals surface area contributed by atoms with Gasteiger partial charge in [0.05, 0.1) is 0 Å². The normalized spacial score (nSPS) is 17.6. The number of nitrogens with two attached hydrogens (primary N) is 1. The highest BCUT2D eigenvalue weighted by Crippen LogP contribution is 2.22. The SMILES string of the molecule is Cc1ccc(N)cc1C(=O)N(C)C1CCCN(c2cccnn2)C1. The maximum atomic E-state index is 12.9. The molecule has 1 atom stereocenters. The molecule has 1 unspecified atom stereocenters. The Morgan fingerprint density at radius 1 is 1.38 bits per heavy atom. The number of piperidine rings is 1. The molecule has 1 aromatic carbocycles. The lowest BCUT2D eigenvalue weighted by Gasteiger charge is -2.38. The van der Waals surface area contributed by atoms with Crippen molar-refractivity contribution in [2.24, 2.45) is 0 Å². The Kier molecular flexibility index (Phi) is 4.64. The number of hydrogen-bond donors (Lipinski definition) is 1. The van der Waals surface area contributed by atoms with Gasteiger partial charge in [-0.15, -0.1) is 5.10 Å². The predicted octanol–water partition coefficient (Wildman–Crippen LogP) is 2.11. The van der Waals surface area contributed by atoms with Crippen molar-refractivity contribution >= 4 is 17.4 Å². The van der Waals surface area contributed by atoms with E-state index in [2.05, 4.69) is 15.1 Å². The van der Waals surface area contributed by atoms with E-state index in [9.17, 15) is 4.79 Å². The fourth-order valence-corrected chi connectivity index (χ4v) is 3.17. The van der Waals surface area contributed by atoms with E-state index in [1.807, 2.05) is 43.1 Å². The highest BCUT2D eigenvalue weighted by atomic mass is 16.2. The van der Waals surface area contributed by atoms with E-state index in [-0.39, 0.29) is 11.9 Å². The summed E-state index contributed by atoms with van der Waals surface area (Å²) in [7, 11) is 1.87. The van der Waals surface area contributed by atoms with Crippen LogP contribution in [-0.4, -0.2) is 47.2 Å². The number of hydrogen-bond acceptors (Lipinski definition) is 5. The van der Waals surface area contributed by atoms with Gasteiger partial charge >= 0.3 is 0 Å². The summed E-state index contributed by atoms with van der Waals surface area (Å²) >= 11 is 0. The number of likely N-dealkylation sites (N-methyl/N-ethyl adjacent to an activating group) is 1. The number of rotatable bonds is 3. The lowest BCUT2D eigenvalue weighted by atomic mass is 10.0. The largest absolute Gasteiger partial charge is 0.399 e. The van der Waals surface area contributed by atoms with Crippen LogP contribution in [0.2, 0.25) is 0 Å². The summed E-state index contributed by atoms with van der Waals surface area (Å²) < 4.78 is 0. The molecule has 1 saturated heterocycles. The highest BCUT2D eigenvalue weighted by Gasteiger charge is 2.28. The van der Waals surface area contributed by atoms with Crippen molar-refractivity contribution in [3.63, 3.8) is 0 Å². The number of nitrogen functional groups attached to an aromatic ring is 1. The molecule has 6 nitrogen and oxygen atoms in total. The second-order valence-corrected chi connectivity index (χ2v) is 6.31. The third-order valence-electron chi connectivity index (χ3n) is 4.64. The molecule has 6 heteroatoms. The van der Waals surface area contributed by atoms with E-state index in [1.165, 1.54) is 0 Å². The molecule has 126 valence electrons. The number of carbonyl (C=O) groups is 1. The summed E-state index contributed by atoms with van der Waals surface area (Å²) in [6.07, 6.45) is 3.68. The smallest absolute Gasteiger partial charge is 0.254 e. The Morgan fingerprint density at radius 2 is 2.21 bits per heavy atom. The molecular formula is C18H23N5O. The van der Waals surface area contributed by atoms with Crippen LogP contribution in [0.3, 0.4) is 0 Å². The summed E-state index contributed by atoms with van der Waals surface area (Å²) in [5.74, 6) is 0.883. The van der Waals surface area contributed by atoms with Crippen LogP contribution in [0.5, 0.6) is 0 Å². The maximum Gasteiger partial charge on any atom is 0.254 e. The van der Waals surface area contributed by atoms with E-state index in [0.717, 1.165) is 37.3 Å². The highest BCUT2D eigenvalue weighted by molar-refractivity contribution is 5.96. The van der Waals surface area contributed by atoms with Gasteiger partial charge in [-0.2, -0.15) is 5.10 Å². The van der Waals surface area contributed by atoms with Crippen LogP contribution < -0.4 is 10.6 Å².